The minimum absolute atomic E-state index is 0.210. The zero-order chi connectivity index (χ0) is 18.6. The maximum absolute atomic E-state index is 13.1. The smallest absolute Gasteiger partial charge is 0.249 e. The molecule has 138 valence electrons. The van der Waals surface area contributed by atoms with E-state index in [1.54, 1.807) is 6.20 Å². The number of anilines is 4. The van der Waals surface area contributed by atoms with Crippen LogP contribution in [0, 0.1) is 12.7 Å². The third kappa shape index (κ3) is 4.13. The molecule has 2 heterocycles. The minimum atomic E-state index is -0.210. The van der Waals surface area contributed by atoms with Gasteiger partial charge in [-0.1, -0.05) is 12.1 Å². The number of halogens is 1. The SMILES string of the molecule is Cc1cccc(Nc2nncc(N3CCN(c4ccc(F)cc4)CC3)n2)c1. The van der Waals surface area contributed by atoms with Crippen LogP contribution in [0.4, 0.5) is 27.5 Å². The lowest BCUT2D eigenvalue weighted by Gasteiger charge is -2.36. The van der Waals surface area contributed by atoms with E-state index in [9.17, 15) is 4.39 Å². The maximum Gasteiger partial charge on any atom is 0.249 e. The molecule has 1 saturated heterocycles. The van der Waals surface area contributed by atoms with E-state index < -0.39 is 0 Å². The van der Waals surface area contributed by atoms with Crippen LogP contribution in [-0.4, -0.2) is 41.4 Å². The molecule has 0 atom stereocenters. The predicted octanol–water partition coefficient (Wildman–Crippen LogP) is 3.39. The van der Waals surface area contributed by atoms with Gasteiger partial charge in [0.05, 0.1) is 6.20 Å². The molecule has 7 heteroatoms. The fourth-order valence-electron chi connectivity index (χ4n) is 3.20. The van der Waals surface area contributed by atoms with Gasteiger partial charge in [-0.15, -0.1) is 5.10 Å². The Morgan fingerprint density at radius 2 is 1.70 bits per heavy atom. The van der Waals surface area contributed by atoms with E-state index in [0.29, 0.717) is 5.95 Å². The van der Waals surface area contributed by atoms with Crippen LogP contribution in [0.15, 0.2) is 54.7 Å². The second kappa shape index (κ2) is 7.57. The molecule has 1 aliphatic rings. The average Bonchev–Trinajstić information content (AvgIpc) is 2.69. The van der Waals surface area contributed by atoms with Crippen LogP contribution in [-0.2, 0) is 0 Å². The fraction of sp³-hybridized carbons (Fsp3) is 0.250. The van der Waals surface area contributed by atoms with Crippen LogP contribution in [0.2, 0.25) is 0 Å². The third-order valence-electron chi connectivity index (χ3n) is 4.62. The number of nitrogens with one attached hydrogen (secondary N) is 1. The van der Waals surface area contributed by atoms with Crippen LogP contribution in [0.5, 0.6) is 0 Å². The highest BCUT2D eigenvalue weighted by atomic mass is 19.1. The Labute approximate surface area is 157 Å². The van der Waals surface area contributed by atoms with Gasteiger partial charge in [0.15, 0.2) is 5.82 Å². The monoisotopic (exact) mass is 364 g/mol. The summed E-state index contributed by atoms with van der Waals surface area (Å²) in [6.07, 6.45) is 1.69. The van der Waals surface area contributed by atoms with Gasteiger partial charge in [0.1, 0.15) is 5.82 Å². The molecule has 1 fully saturated rings. The van der Waals surface area contributed by atoms with E-state index in [1.807, 2.05) is 43.3 Å². The van der Waals surface area contributed by atoms with Crippen LogP contribution in [0.1, 0.15) is 5.56 Å². The molecular formula is C20H21FN6. The van der Waals surface area contributed by atoms with Gasteiger partial charge in [-0.05, 0) is 48.9 Å². The van der Waals surface area contributed by atoms with Crippen molar-refractivity contribution >= 4 is 23.1 Å². The van der Waals surface area contributed by atoms with Crippen molar-refractivity contribution in [1.82, 2.24) is 15.2 Å². The molecule has 1 aliphatic heterocycles. The lowest BCUT2D eigenvalue weighted by molar-refractivity contribution is 0.624. The van der Waals surface area contributed by atoms with Gasteiger partial charge in [-0.3, -0.25) is 0 Å². The van der Waals surface area contributed by atoms with Crippen molar-refractivity contribution in [3.8, 4) is 0 Å². The van der Waals surface area contributed by atoms with Gasteiger partial charge >= 0.3 is 0 Å². The second-order valence-electron chi connectivity index (χ2n) is 6.58. The standard InChI is InChI=1S/C20H21FN6/c1-15-3-2-4-17(13-15)23-20-24-19(14-22-25-20)27-11-9-26(10-12-27)18-7-5-16(21)6-8-18/h2-8,13-14H,9-12H2,1H3,(H,23,24,25). The summed E-state index contributed by atoms with van der Waals surface area (Å²) >= 11 is 0. The molecular weight excluding hydrogens is 343 g/mol. The summed E-state index contributed by atoms with van der Waals surface area (Å²) in [6.45, 7) is 5.37. The van der Waals surface area contributed by atoms with Crippen LogP contribution < -0.4 is 15.1 Å². The molecule has 0 radical (unpaired) electrons. The molecule has 0 aliphatic carbocycles. The zero-order valence-electron chi connectivity index (χ0n) is 15.1. The van der Waals surface area contributed by atoms with Crippen molar-refractivity contribution in [2.24, 2.45) is 0 Å². The quantitative estimate of drug-likeness (QED) is 0.766. The molecule has 27 heavy (non-hydrogen) atoms. The molecule has 6 nitrogen and oxygen atoms in total. The number of aromatic nitrogens is 3. The van der Waals surface area contributed by atoms with Gasteiger partial charge in [-0.2, -0.15) is 10.1 Å². The Balaban J connectivity index is 1.42. The van der Waals surface area contributed by atoms with Gasteiger partial charge < -0.3 is 15.1 Å². The van der Waals surface area contributed by atoms with E-state index in [4.69, 9.17) is 0 Å². The first kappa shape index (κ1) is 17.2. The van der Waals surface area contributed by atoms with Crippen LogP contribution >= 0.6 is 0 Å². The van der Waals surface area contributed by atoms with Crippen molar-refractivity contribution in [3.05, 3.63) is 66.1 Å². The molecule has 0 saturated carbocycles. The average molecular weight is 364 g/mol. The predicted molar refractivity (Wildman–Crippen MR) is 105 cm³/mol. The number of benzene rings is 2. The number of nitrogens with zero attached hydrogens (tertiary/aromatic N) is 5. The first-order chi connectivity index (χ1) is 13.2. The van der Waals surface area contributed by atoms with Gasteiger partial charge in [0.25, 0.3) is 0 Å². The largest absolute Gasteiger partial charge is 0.368 e. The summed E-state index contributed by atoms with van der Waals surface area (Å²) in [7, 11) is 0. The number of rotatable bonds is 4. The Hall–Kier alpha value is -3.22. The summed E-state index contributed by atoms with van der Waals surface area (Å²) in [5, 5.41) is 11.4. The second-order valence-corrected chi connectivity index (χ2v) is 6.58. The first-order valence-corrected chi connectivity index (χ1v) is 8.96. The van der Waals surface area contributed by atoms with E-state index in [-0.39, 0.29) is 5.82 Å². The van der Waals surface area contributed by atoms with Crippen LogP contribution in [0.3, 0.4) is 0 Å². The maximum atomic E-state index is 13.1. The van der Waals surface area contributed by atoms with Crippen molar-refractivity contribution in [2.45, 2.75) is 6.92 Å². The van der Waals surface area contributed by atoms with Gasteiger partial charge in [-0.25, -0.2) is 4.39 Å². The summed E-state index contributed by atoms with van der Waals surface area (Å²) in [6, 6.07) is 14.7. The summed E-state index contributed by atoms with van der Waals surface area (Å²) < 4.78 is 13.1. The van der Waals surface area contributed by atoms with Gasteiger partial charge in [0, 0.05) is 37.6 Å². The topological polar surface area (TPSA) is 57.2 Å². The van der Waals surface area contributed by atoms with E-state index >= 15 is 0 Å². The van der Waals surface area contributed by atoms with Crippen molar-refractivity contribution in [2.75, 3.05) is 41.3 Å². The molecule has 2 aromatic carbocycles. The molecule has 0 bridgehead atoms. The minimum Gasteiger partial charge on any atom is -0.368 e. The van der Waals surface area contributed by atoms with Crippen LogP contribution in [0.25, 0.3) is 0 Å². The lowest BCUT2D eigenvalue weighted by Crippen LogP contribution is -2.46. The zero-order valence-corrected chi connectivity index (χ0v) is 15.1. The summed E-state index contributed by atoms with van der Waals surface area (Å²) in [5.41, 5.74) is 3.15. The van der Waals surface area contributed by atoms with E-state index in [2.05, 4.69) is 30.3 Å². The number of piperazine rings is 1. The van der Waals surface area contributed by atoms with Crippen molar-refractivity contribution in [3.63, 3.8) is 0 Å². The number of hydrogen-bond donors (Lipinski definition) is 1. The highest BCUT2D eigenvalue weighted by Crippen LogP contribution is 2.20. The molecule has 0 unspecified atom stereocenters. The Kier molecular flexibility index (Phi) is 4.82. The normalized spacial score (nSPS) is 14.3. The van der Waals surface area contributed by atoms with E-state index in [1.165, 1.54) is 17.7 Å². The van der Waals surface area contributed by atoms with E-state index in [0.717, 1.165) is 43.4 Å². The Morgan fingerprint density at radius 1 is 0.963 bits per heavy atom. The lowest BCUT2D eigenvalue weighted by atomic mass is 10.2. The fourth-order valence-corrected chi connectivity index (χ4v) is 3.20. The molecule has 3 aromatic rings. The Bertz CT molecular complexity index is 906. The Morgan fingerprint density at radius 3 is 2.44 bits per heavy atom. The first-order valence-electron chi connectivity index (χ1n) is 8.96. The molecule has 0 amide bonds. The van der Waals surface area contributed by atoms with Crippen molar-refractivity contribution in [1.29, 1.82) is 0 Å². The molecule has 1 aromatic heterocycles. The number of hydrogen-bond acceptors (Lipinski definition) is 6. The summed E-state index contributed by atoms with van der Waals surface area (Å²) in [4.78, 5) is 9.04. The molecule has 0 spiro atoms. The number of aryl methyl sites for hydroxylation is 1. The van der Waals surface area contributed by atoms with Gasteiger partial charge in [0.2, 0.25) is 5.95 Å². The molecule has 1 N–H and O–H groups in total. The summed E-state index contributed by atoms with van der Waals surface area (Å²) in [5.74, 6) is 1.08. The highest BCUT2D eigenvalue weighted by Gasteiger charge is 2.19. The van der Waals surface area contributed by atoms with Crippen molar-refractivity contribution < 1.29 is 4.39 Å². The third-order valence-corrected chi connectivity index (χ3v) is 4.62. The molecule has 4 rings (SSSR count). The highest BCUT2D eigenvalue weighted by molar-refractivity contribution is 5.56.